The second kappa shape index (κ2) is 5.64. The van der Waals surface area contributed by atoms with Crippen LogP contribution >= 0.6 is 0 Å². The Morgan fingerprint density at radius 3 is 2.94 bits per heavy atom. The molecule has 0 spiro atoms. The molecule has 0 bridgehead atoms. The van der Waals surface area contributed by atoms with Crippen molar-refractivity contribution in [1.82, 2.24) is 9.78 Å². The van der Waals surface area contributed by atoms with E-state index < -0.39 is 0 Å². The van der Waals surface area contributed by atoms with Gasteiger partial charge in [-0.2, -0.15) is 5.10 Å². The van der Waals surface area contributed by atoms with Crippen molar-refractivity contribution in [2.45, 2.75) is 19.5 Å². The Kier molecular flexibility index (Phi) is 3.94. The Balaban J connectivity index is 2.14. The number of aromatic nitrogens is 2. The molecule has 0 saturated heterocycles. The fourth-order valence-electron chi connectivity index (χ4n) is 1.79. The molecule has 1 heterocycles. The van der Waals surface area contributed by atoms with Crippen LogP contribution in [0, 0.1) is 5.82 Å². The minimum atomic E-state index is -0.264. The van der Waals surface area contributed by atoms with E-state index in [-0.39, 0.29) is 11.9 Å². The van der Waals surface area contributed by atoms with Gasteiger partial charge in [0, 0.05) is 30.5 Å². The number of rotatable bonds is 5. The Hall–Kier alpha value is -1.88. The zero-order valence-corrected chi connectivity index (χ0v) is 10.3. The average Bonchev–Trinajstić information content (AvgIpc) is 2.84. The van der Waals surface area contributed by atoms with Crippen LogP contribution in [-0.4, -0.2) is 16.3 Å². The molecular weight excluding hydrogens is 231 g/mol. The summed E-state index contributed by atoms with van der Waals surface area (Å²) in [6.45, 7) is 3.26. The van der Waals surface area contributed by atoms with E-state index in [4.69, 9.17) is 5.73 Å². The molecule has 0 aliphatic rings. The third-order valence-corrected chi connectivity index (χ3v) is 2.78. The molecule has 18 heavy (non-hydrogen) atoms. The maximum atomic E-state index is 13.1. The van der Waals surface area contributed by atoms with E-state index in [1.54, 1.807) is 12.3 Å². The summed E-state index contributed by atoms with van der Waals surface area (Å²) < 4.78 is 14.9. The van der Waals surface area contributed by atoms with Crippen LogP contribution in [0.3, 0.4) is 0 Å². The molecule has 2 rings (SSSR count). The Morgan fingerprint density at radius 2 is 2.33 bits per heavy atom. The van der Waals surface area contributed by atoms with Crippen molar-refractivity contribution < 1.29 is 4.39 Å². The minimum Gasteiger partial charge on any atom is -0.377 e. The van der Waals surface area contributed by atoms with Crippen LogP contribution in [0.4, 0.5) is 10.1 Å². The third kappa shape index (κ3) is 2.87. The molecule has 0 saturated carbocycles. The van der Waals surface area contributed by atoms with Gasteiger partial charge in [0.05, 0.1) is 12.2 Å². The molecular formula is C13H17FN4. The number of hydrogen-bond acceptors (Lipinski definition) is 3. The van der Waals surface area contributed by atoms with Crippen LogP contribution in [-0.2, 0) is 6.54 Å². The van der Waals surface area contributed by atoms with E-state index >= 15 is 0 Å². The number of aryl methyl sites for hydroxylation is 1. The van der Waals surface area contributed by atoms with Crippen molar-refractivity contribution in [3.05, 3.63) is 48.0 Å². The number of nitrogens with two attached hydrogens (primary N) is 1. The van der Waals surface area contributed by atoms with Gasteiger partial charge in [-0.25, -0.2) is 4.39 Å². The van der Waals surface area contributed by atoms with Crippen molar-refractivity contribution in [3.8, 4) is 0 Å². The van der Waals surface area contributed by atoms with Crippen LogP contribution in [0.25, 0.3) is 0 Å². The standard InChI is InChI=1S/C13H17FN4/c1-2-18-9-10(8-16-18)13(7-15)17-12-5-3-4-11(14)6-12/h3-6,8-9,13,17H,2,7,15H2,1H3. The lowest BCUT2D eigenvalue weighted by atomic mass is 10.1. The van der Waals surface area contributed by atoms with Gasteiger partial charge in [-0.05, 0) is 25.1 Å². The van der Waals surface area contributed by atoms with Crippen molar-refractivity contribution in [2.75, 3.05) is 11.9 Å². The molecule has 4 nitrogen and oxygen atoms in total. The topological polar surface area (TPSA) is 55.9 Å². The lowest BCUT2D eigenvalue weighted by Gasteiger charge is -2.16. The highest BCUT2D eigenvalue weighted by Crippen LogP contribution is 2.18. The zero-order valence-electron chi connectivity index (χ0n) is 10.3. The molecule has 1 atom stereocenters. The molecule has 96 valence electrons. The van der Waals surface area contributed by atoms with Crippen molar-refractivity contribution in [3.63, 3.8) is 0 Å². The van der Waals surface area contributed by atoms with Crippen LogP contribution in [0.2, 0.25) is 0 Å². The normalized spacial score (nSPS) is 12.4. The summed E-state index contributed by atoms with van der Waals surface area (Å²) in [4.78, 5) is 0. The molecule has 3 N–H and O–H groups in total. The average molecular weight is 248 g/mol. The van der Waals surface area contributed by atoms with Gasteiger partial charge in [0.2, 0.25) is 0 Å². The molecule has 0 fully saturated rings. The summed E-state index contributed by atoms with van der Waals surface area (Å²) in [5.41, 5.74) is 7.47. The smallest absolute Gasteiger partial charge is 0.125 e. The lowest BCUT2D eigenvalue weighted by molar-refractivity contribution is 0.627. The van der Waals surface area contributed by atoms with Gasteiger partial charge in [0.1, 0.15) is 5.82 Å². The van der Waals surface area contributed by atoms with E-state index in [9.17, 15) is 4.39 Å². The van der Waals surface area contributed by atoms with Gasteiger partial charge < -0.3 is 11.1 Å². The molecule has 0 radical (unpaired) electrons. The SMILES string of the molecule is CCn1cc(C(CN)Nc2cccc(F)c2)cn1. The first kappa shape index (κ1) is 12.6. The van der Waals surface area contributed by atoms with Gasteiger partial charge >= 0.3 is 0 Å². The zero-order chi connectivity index (χ0) is 13.0. The summed E-state index contributed by atoms with van der Waals surface area (Å²) in [6.07, 6.45) is 3.73. The highest BCUT2D eigenvalue weighted by Gasteiger charge is 2.11. The molecule has 0 amide bonds. The van der Waals surface area contributed by atoms with Gasteiger partial charge in [-0.3, -0.25) is 4.68 Å². The third-order valence-electron chi connectivity index (χ3n) is 2.78. The number of nitrogens with zero attached hydrogens (tertiary/aromatic N) is 2. The van der Waals surface area contributed by atoms with E-state index in [1.807, 2.05) is 23.9 Å². The van der Waals surface area contributed by atoms with Crippen LogP contribution in [0.15, 0.2) is 36.7 Å². The van der Waals surface area contributed by atoms with Crippen molar-refractivity contribution in [2.24, 2.45) is 5.73 Å². The summed E-state index contributed by atoms with van der Waals surface area (Å²) >= 11 is 0. The second-order valence-electron chi connectivity index (χ2n) is 4.07. The van der Waals surface area contributed by atoms with Gasteiger partial charge in [-0.15, -0.1) is 0 Å². The van der Waals surface area contributed by atoms with Gasteiger partial charge in [0.25, 0.3) is 0 Å². The number of nitrogens with one attached hydrogen (secondary N) is 1. The quantitative estimate of drug-likeness (QED) is 0.852. The van der Waals surface area contributed by atoms with Crippen molar-refractivity contribution >= 4 is 5.69 Å². The van der Waals surface area contributed by atoms with E-state index in [2.05, 4.69) is 10.4 Å². The number of hydrogen-bond donors (Lipinski definition) is 2. The molecule has 1 aromatic carbocycles. The van der Waals surface area contributed by atoms with E-state index in [1.165, 1.54) is 12.1 Å². The predicted octanol–water partition coefficient (Wildman–Crippen LogP) is 2.15. The monoisotopic (exact) mass is 248 g/mol. The largest absolute Gasteiger partial charge is 0.377 e. The summed E-state index contributed by atoms with van der Waals surface area (Å²) in [5, 5.41) is 7.41. The van der Waals surface area contributed by atoms with Crippen LogP contribution in [0.1, 0.15) is 18.5 Å². The lowest BCUT2D eigenvalue weighted by Crippen LogP contribution is -2.20. The maximum absolute atomic E-state index is 13.1. The molecule has 1 aromatic heterocycles. The molecule has 0 aliphatic heterocycles. The Labute approximate surface area is 106 Å². The minimum absolute atomic E-state index is 0.0629. The van der Waals surface area contributed by atoms with Gasteiger partial charge in [-0.1, -0.05) is 6.07 Å². The summed E-state index contributed by atoms with van der Waals surface area (Å²) in [5.74, 6) is -0.264. The number of halogens is 1. The molecule has 2 aromatic rings. The van der Waals surface area contributed by atoms with Crippen LogP contribution < -0.4 is 11.1 Å². The summed E-state index contributed by atoms with van der Waals surface area (Å²) in [7, 11) is 0. The fraction of sp³-hybridized carbons (Fsp3) is 0.308. The first-order valence-electron chi connectivity index (χ1n) is 5.97. The van der Waals surface area contributed by atoms with E-state index in [0.29, 0.717) is 6.54 Å². The second-order valence-corrected chi connectivity index (χ2v) is 4.07. The molecule has 5 heteroatoms. The fourth-order valence-corrected chi connectivity index (χ4v) is 1.79. The maximum Gasteiger partial charge on any atom is 0.125 e. The van der Waals surface area contributed by atoms with Gasteiger partial charge in [0.15, 0.2) is 0 Å². The first-order chi connectivity index (χ1) is 8.72. The summed E-state index contributed by atoms with van der Waals surface area (Å²) in [6, 6.07) is 6.29. The Morgan fingerprint density at radius 1 is 1.50 bits per heavy atom. The van der Waals surface area contributed by atoms with Crippen LogP contribution in [0.5, 0.6) is 0 Å². The van der Waals surface area contributed by atoms with Crippen molar-refractivity contribution in [1.29, 1.82) is 0 Å². The highest BCUT2D eigenvalue weighted by atomic mass is 19.1. The number of benzene rings is 1. The Bertz CT molecular complexity index is 509. The highest BCUT2D eigenvalue weighted by molar-refractivity contribution is 5.45. The number of anilines is 1. The van der Waals surface area contributed by atoms with E-state index in [0.717, 1.165) is 17.8 Å². The molecule has 0 aliphatic carbocycles. The first-order valence-corrected chi connectivity index (χ1v) is 5.97. The predicted molar refractivity (Wildman–Crippen MR) is 69.7 cm³/mol. The molecule has 1 unspecified atom stereocenters.